The highest BCUT2D eigenvalue weighted by Crippen LogP contribution is 2.41. The summed E-state index contributed by atoms with van der Waals surface area (Å²) >= 11 is 14.3. The Morgan fingerprint density at radius 3 is 2.29 bits per heavy atom. The number of halogens is 2. The van der Waals surface area contributed by atoms with Gasteiger partial charge in [0.25, 0.3) is 0 Å². The van der Waals surface area contributed by atoms with Crippen LogP contribution in [0.25, 0.3) is 0 Å². The molecule has 0 radical (unpaired) electrons. The van der Waals surface area contributed by atoms with E-state index >= 15 is 0 Å². The van der Waals surface area contributed by atoms with Gasteiger partial charge < -0.3 is 29.4 Å². The van der Waals surface area contributed by atoms with Gasteiger partial charge in [0.15, 0.2) is 11.5 Å². The fourth-order valence-corrected chi connectivity index (χ4v) is 9.23. The van der Waals surface area contributed by atoms with Gasteiger partial charge in [0, 0.05) is 27.6 Å². The first-order chi connectivity index (χ1) is 27.1. The second-order valence-corrected chi connectivity index (χ2v) is 15.9. The lowest BCUT2D eigenvalue weighted by Gasteiger charge is -2.43. The number of nitrogens with one attached hydrogen (secondary N) is 1. The molecular weight excluding hydrogens is 777 g/mol. The molecule has 3 aliphatic heterocycles. The third-order valence-corrected chi connectivity index (χ3v) is 12.3. The average Bonchev–Trinajstić information content (AvgIpc) is 3.64. The molecule has 1 amide bonds. The number of hydrogen-bond donors (Lipinski definition) is 3. The minimum atomic E-state index is -1.09. The summed E-state index contributed by atoms with van der Waals surface area (Å²) in [6.07, 6.45) is 4.35. The molecule has 292 valence electrons. The predicted octanol–water partition coefficient (Wildman–Crippen LogP) is 8.16. The minimum absolute atomic E-state index is 0.0788. The summed E-state index contributed by atoms with van der Waals surface area (Å²) in [6.45, 7) is 2.95. The van der Waals surface area contributed by atoms with Crippen LogP contribution in [-0.4, -0.2) is 67.2 Å². The number of aromatic carboxylic acids is 1. The molecule has 3 fully saturated rings. The topological polar surface area (TPSA) is 131 Å². The molecule has 3 aromatic carbocycles. The van der Waals surface area contributed by atoms with Crippen molar-refractivity contribution >= 4 is 46.6 Å². The fraction of sp³-hybridized carbons (Fsp3) is 0.310. The van der Waals surface area contributed by atoms with E-state index in [1.807, 2.05) is 66.7 Å². The number of carbonyl (C=O) groups excluding carboxylic acids is 1. The molecule has 0 unspecified atom stereocenters. The van der Waals surface area contributed by atoms with Gasteiger partial charge in [-0.1, -0.05) is 71.7 Å². The molecule has 3 N–H and O–H groups in total. The maximum Gasteiger partial charge on any atom is 0.408 e. The SMILES string of the molecule is COc1ccc([C@H](Cc2c(Cl)c[n+](O)cc2Cl)c2cc(COc3cccc([C@@H](NC(=O)O[C@H]4CN5CCC4CC5)c4ccccc4)c3)sc2C(=O)O)cc1OC. The number of pyridine rings is 1. The smallest absolute Gasteiger partial charge is 0.408 e. The Hall–Kier alpha value is -5.01. The number of amides is 1. The number of carboxylic acids is 1. The van der Waals surface area contributed by atoms with Crippen LogP contribution >= 0.6 is 34.5 Å². The van der Waals surface area contributed by atoms with E-state index in [9.17, 15) is 19.9 Å². The first kappa shape index (κ1) is 39.2. The van der Waals surface area contributed by atoms with E-state index in [2.05, 4.69) is 10.2 Å². The van der Waals surface area contributed by atoms with Gasteiger partial charge in [-0.15, -0.1) is 11.3 Å². The normalized spacial score (nSPS) is 18.5. The molecule has 3 aliphatic rings. The van der Waals surface area contributed by atoms with Gasteiger partial charge in [-0.25, -0.2) is 9.59 Å². The lowest BCUT2D eigenvalue weighted by atomic mass is 9.85. The van der Waals surface area contributed by atoms with Crippen molar-refractivity contribution in [1.29, 1.82) is 0 Å². The third-order valence-electron chi connectivity index (χ3n) is 10.5. The van der Waals surface area contributed by atoms with Crippen LogP contribution in [0.3, 0.4) is 0 Å². The Balaban J connectivity index is 1.15. The Kier molecular flexibility index (Phi) is 12.2. The molecule has 3 atom stereocenters. The van der Waals surface area contributed by atoms with E-state index in [0.29, 0.717) is 39.2 Å². The van der Waals surface area contributed by atoms with E-state index in [4.69, 9.17) is 42.1 Å². The van der Waals surface area contributed by atoms with Gasteiger partial charge in [0.05, 0.1) is 20.3 Å². The monoisotopic (exact) mass is 818 g/mol. The van der Waals surface area contributed by atoms with Crippen LogP contribution in [-0.2, 0) is 17.8 Å². The summed E-state index contributed by atoms with van der Waals surface area (Å²) in [7, 11) is 3.07. The largest absolute Gasteiger partial charge is 0.493 e. The van der Waals surface area contributed by atoms with Crippen LogP contribution in [0.2, 0.25) is 10.0 Å². The molecule has 5 heterocycles. The number of carboxylic acid groups (broad SMARTS) is 1. The molecule has 14 heteroatoms. The number of fused-ring (bicyclic) bond motifs is 3. The van der Waals surface area contributed by atoms with E-state index in [-0.39, 0.29) is 34.1 Å². The second kappa shape index (κ2) is 17.4. The number of thiophene rings is 1. The molecule has 3 saturated heterocycles. The van der Waals surface area contributed by atoms with Gasteiger partial charge >= 0.3 is 12.1 Å². The van der Waals surface area contributed by atoms with Crippen molar-refractivity contribution in [3.05, 3.63) is 139 Å². The molecule has 0 saturated carbocycles. The summed E-state index contributed by atoms with van der Waals surface area (Å²) in [5.41, 5.74) is 3.49. The van der Waals surface area contributed by atoms with Crippen LogP contribution in [0.5, 0.6) is 17.2 Å². The van der Waals surface area contributed by atoms with Crippen LogP contribution in [0.15, 0.2) is 91.3 Å². The van der Waals surface area contributed by atoms with E-state index in [1.165, 1.54) is 26.6 Å². The first-order valence-electron chi connectivity index (χ1n) is 18.2. The number of alkyl carbamates (subject to hydrolysis) is 1. The summed E-state index contributed by atoms with van der Waals surface area (Å²) < 4.78 is 24.1. The molecule has 5 aromatic rings. The zero-order chi connectivity index (χ0) is 39.3. The predicted molar refractivity (Wildman–Crippen MR) is 212 cm³/mol. The van der Waals surface area contributed by atoms with E-state index < -0.39 is 24.0 Å². The molecule has 0 spiro atoms. The molecule has 56 heavy (non-hydrogen) atoms. The van der Waals surface area contributed by atoms with Crippen molar-refractivity contribution in [2.24, 2.45) is 5.92 Å². The number of ether oxygens (including phenoxy) is 4. The molecule has 2 bridgehead atoms. The maximum absolute atomic E-state index is 13.4. The lowest BCUT2D eigenvalue weighted by molar-refractivity contribution is -0.904. The molecule has 11 nitrogen and oxygen atoms in total. The van der Waals surface area contributed by atoms with Gasteiger partial charge in [-0.05, 0) is 90.9 Å². The minimum Gasteiger partial charge on any atom is -0.493 e. The zero-order valence-electron chi connectivity index (χ0n) is 30.8. The highest BCUT2D eigenvalue weighted by atomic mass is 35.5. The molecule has 8 rings (SSSR count). The summed E-state index contributed by atoms with van der Waals surface area (Å²) in [6, 6.07) is 23.9. The highest BCUT2D eigenvalue weighted by Gasteiger charge is 2.37. The average molecular weight is 820 g/mol. The van der Waals surface area contributed by atoms with Crippen molar-refractivity contribution < 1.29 is 43.6 Å². The fourth-order valence-electron chi connectivity index (χ4n) is 7.65. The van der Waals surface area contributed by atoms with E-state index in [0.717, 1.165) is 65.2 Å². The third kappa shape index (κ3) is 8.84. The lowest BCUT2D eigenvalue weighted by Crippen LogP contribution is -2.52. The standard InChI is InChI=1S/C42H41Cl2N3O8S/c1-52-36-12-11-27(18-37(36)53-2)31(20-33-34(43)21-47(51)22-35(33)44)32-19-30(56-40(32)41(48)49)24-54-29-10-6-9-28(17-29)39(26-7-4-3-5-8-26)45-42(50)55-38-23-46-15-13-25(38)14-16-46/h3-12,17-19,21-22,25,31,38-39H,13-16,20,23-24H2,1-2H3,(H2-,45,48,49,50,51)/p+1/t31-,38-,39-/m0/s1. The van der Waals surface area contributed by atoms with Crippen LogP contribution < -0.4 is 24.3 Å². The number of rotatable bonds is 14. The Bertz CT molecular complexity index is 2170. The molecule has 0 aliphatic carbocycles. The van der Waals surface area contributed by atoms with Gasteiger partial charge in [-0.3, -0.25) is 10.1 Å². The summed E-state index contributed by atoms with van der Waals surface area (Å²) in [5, 5.41) is 24.0. The number of methoxy groups -OCH3 is 2. The van der Waals surface area contributed by atoms with Crippen LogP contribution in [0.1, 0.15) is 67.2 Å². The van der Waals surface area contributed by atoms with Crippen molar-refractivity contribution in [2.45, 2.75) is 43.9 Å². The maximum atomic E-state index is 13.4. The van der Waals surface area contributed by atoms with Gasteiger partial charge in [0.2, 0.25) is 12.4 Å². The summed E-state index contributed by atoms with van der Waals surface area (Å²) in [4.78, 5) is 29.3. The molecular formula is C42H42Cl2N3O8S+. The number of benzene rings is 3. The van der Waals surface area contributed by atoms with Gasteiger partial charge in [-0.2, -0.15) is 0 Å². The number of hydrogen-bond acceptors (Lipinski definition) is 9. The quantitative estimate of drug-likeness (QED) is 0.0751. The Morgan fingerprint density at radius 1 is 0.911 bits per heavy atom. The van der Waals surface area contributed by atoms with Crippen LogP contribution in [0, 0.1) is 5.92 Å². The highest BCUT2D eigenvalue weighted by molar-refractivity contribution is 7.14. The van der Waals surface area contributed by atoms with Crippen molar-refractivity contribution in [2.75, 3.05) is 33.9 Å². The first-order valence-corrected chi connectivity index (χ1v) is 19.8. The number of carbonyl (C=O) groups is 2. The Morgan fingerprint density at radius 2 is 1.62 bits per heavy atom. The van der Waals surface area contributed by atoms with Crippen LogP contribution in [0.4, 0.5) is 4.79 Å². The van der Waals surface area contributed by atoms with Crippen molar-refractivity contribution in [3.63, 3.8) is 0 Å². The number of piperidine rings is 3. The number of aromatic nitrogens is 1. The zero-order valence-corrected chi connectivity index (χ0v) is 33.2. The second-order valence-electron chi connectivity index (χ2n) is 13.9. The number of nitrogens with zero attached hydrogens (tertiary/aromatic N) is 2. The van der Waals surface area contributed by atoms with E-state index in [1.54, 1.807) is 12.1 Å². The van der Waals surface area contributed by atoms with Crippen molar-refractivity contribution in [1.82, 2.24) is 10.2 Å². The van der Waals surface area contributed by atoms with Crippen molar-refractivity contribution in [3.8, 4) is 17.2 Å². The van der Waals surface area contributed by atoms with Gasteiger partial charge in [0.1, 0.15) is 33.4 Å². The Labute approximate surface area is 338 Å². The molecule has 2 aromatic heterocycles. The summed E-state index contributed by atoms with van der Waals surface area (Å²) in [5.74, 6) is 0.275.